The Kier molecular flexibility index (Phi) is 6.43. The summed E-state index contributed by atoms with van der Waals surface area (Å²) in [6.45, 7) is 3.01. The van der Waals surface area contributed by atoms with E-state index in [1.165, 1.54) is 0 Å². The molecule has 3 N–H and O–H groups in total. The number of nitrogen functional groups attached to an aromatic ring is 1. The lowest BCUT2D eigenvalue weighted by molar-refractivity contribution is 0.0527. The Hall–Kier alpha value is -1.36. The summed E-state index contributed by atoms with van der Waals surface area (Å²) < 4.78 is 4.96. The van der Waals surface area contributed by atoms with Crippen LogP contribution in [0.25, 0.3) is 0 Å². The molecular formula is C13H20N2O2S. The minimum absolute atomic E-state index is 0.351. The van der Waals surface area contributed by atoms with Crippen molar-refractivity contribution >= 4 is 29.1 Å². The minimum Gasteiger partial charge on any atom is -0.462 e. The van der Waals surface area contributed by atoms with Crippen LogP contribution in [0.3, 0.4) is 0 Å². The highest BCUT2D eigenvalue weighted by Gasteiger charge is 2.11. The molecule has 1 rings (SSSR count). The van der Waals surface area contributed by atoms with E-state index >= 15 is 0 Å². The van der Waals surface area contributed by atoms with E-state index in [9.17, 15) is 4.79 Å². The number of hydrogen-bond donors (Lipinski definition) is 2. The molecule has 0 bridgehead atoms. The van der Waals surface area contributed by atoms with Crippen LogP contribution in [-0.2, 0) is 4.74 Å². The summed E-state index contributed by atoms with van der Waals surface area (Å²) in [4.78, 5) is 11.7. The number of benzene rings is 1. The predicted octanol–water partition coefficient (Wildman–Crippen LogP) is 2.61. The molecule has 0 saturated heterocycles. The molecular weight excluding hydrogens is 248 g/mol. The second kappa shape index (κ2) is 7.87. The van der Waals surface area contributed by atoms with E-state index in [2.05, 4.69) is 11.6 Å². The molecule has 0 unspecified atom stereocenters. The van der Waals surface area contributed by atoms with Crippen molar-refractivity contribution in [3.8, 4) is 0 Å². The SMILES string of the molecule is CCOC(=O)c1cc(NCCCSC)ccc1N. The third-order valence-electron chi connectivity index (χ3n) is 2.40. The number of thioether (sulfide) groups is 1. The molecule has 0 heterocycles. The smallest absolute Gasteiger partial charge is 0.340 e. The number of anilines is 2. The normalized spacial score (nSPS) is 10.1. The molecule has 0 aromatic heterocycles. The number of ether oxygens (including phenoxy) is 1. The molecule has 0 saturated carbocycles. The number of carbonyl (C=O) groups excluding carboxylic acids is 1. The van der Waals surface area contributed by atoms with Crippen molar-refractivity contribution in [3.63, 3.8) is 0 Å². The summed E-state index contributed by atoms with van der Waals surface area (Å²) in [6.07, 6.45) is 3.17. The van der Waals surface area contributed by atoms with Gasteiger partial charge in [-0.25, -0.2) is 4.79 Å². The number of carbonyl (C=O) groups is 1. The van der Waals surface area contributed by atoms with E-state index in [1.54, 1.807) is 19.1 Å². The molecule has 0 aliphatic heterocycles. The van der Waals surface area contributed by atoms with Crippen LogP contribution >= 0.6 is 11.8 Å². The number of rotatable bonds is 7. The fourth-order valence-corrected chi connectivity index (χ4v) is 1.93. The summed E-state index contributed by atoms with van der Waals surface area (Å²) in [5.74, 6) is 0.745. The van der Waals surface area contributed by atoms with Crippen LogP contribution in [0.4, 0.5) is 11.4 Å². The quantitative estimate of drug-likeness (QED) is 0.452. The molecule has 4 nitrogen and oxygen atoms in total. The summed E-state index contributed by atoms with van der Waals surface area (Å²) in [7, 11) is 0. The third-order valence-corrected chi connectivity index (χ3v) is 3.10. The molecule has 0 aliphatic rings. The van der Waals surface area contributed by atoms with Crippen molar-refractivity contribution < 1.29 is 9.53 Å². The molecule has 1 aromatic rings. The van der Waals surface area contributed by atoms with Crippen molar-refractivity contribution in [1.29, 1.82) is 0 Å². The van der Waals surface area contributed by atoms with Gasteiger partial charge in [0.15, 0.2) is 0 Å². The maximum atomic E-state index is 11.7. The number of nitrogens with one attached hydrogen (secondary N) is 1. The van der Waals surface area contributed by atoms with Gasteiger partial charge in [-0.2, -0.15) is 11.8 Å². The van der Waals surface area contributed by atoms with Gasteiger partial charge in [0, 0.05) is 17.9 Å². The van der Waals surface area contributed by atoms with E-state index in [-0.39, 0.29) is 5.97 Å². The maximum Gasteiger partial charge on any atom is 0.340 e. The van der Waals surface area contributed by atoms with Gasteiger partial charge in [0.05, 0.1) is 12.2 Å². The van der Waals surface area contributed by atoms with Gasteiger partial charge in [0.1, 0.15) is 0 Å². The number of hydrogen-bond acceptors (Lipinski definition) is 5. The van der Waals surface area contributed by atoms with Crippen LogP contribution in [0, 0.1) is 0 Å². The molecule has 0 spiro atoms. The average Bonchev–Trinajstić information content (AvgIpc) is 2.36. The summed E-state index contributed by atoms with van der Waals surface area (Å²) >= 11 is 1.82. The fourth-order valence-electron chi connectivity index (χ4n) is 1.50. The van der Waals surface area contributed by atoms with Gasteiger partial charge in [0.25, 0.3) is 0 Å². The highest BCUT2D eigenvalue weighted by Crippen LogP contribution is 2.19. The molecule has 0 aliphatic carbocycles. The van der Waals surface area contributed by atoms with Gasteiger partial charge in [-0.15, -0.1) is 0 Å². The summed E-state index contributed by atoms with van der Waals surface area (Å²) in [5.41, 5.74) is 7.53. The van der Waals surface area contributed by atoms with E-state index < -0.39 is 0 Å². The lowest BCUT2D eigenvalue weighted by atomic mass is 10.1. The van der Waals surface area contributed by atoms with Gasteiger partial charge in [-0.05, 0) is 43.6 Å². The lowest BCUT2D eigenvalue weighted by Crippen LogP contribution is -2.09. The first kappa shape index (κ1) is 14.7. The minimum atomic E-state index is -0.372. The zero-order chi connectivity index (χ0) is 13.4. The molecule has 0 atom stereocenters. The van der Waals surface area contributed by atoms with Crippen molar-refractivity contribution in [2.24, 2.45) is 0 Å². The van der Waals surface area contributed by atoms with Crippen LogP contribution < -0.4 is 11.1 Å². The Morgan fingerprint density at radius 1 is 1.50 bits per heavy atom. The molecule has 100 valence electrons. The molecule has 0 amide bonds. The van der Waals surface area contributed by atoms with Crippen LogP contribution in [0.1, 0.15) is 23.7 Å². The highest BCUT2D eigenvalue weighted by atomic mass is 32.2. The summed E-state index contributed by atoms with van der Waals surface area (Å²) in [5, 5.41) is 3.27. The van der Waals surface area contributed by atoms with Gasteiger partial charge in [-0.1, -0.05) is 0 Å². The largest absolute Gasteiger partial charge is 0.462 e. The van der Waals surface area contributed by atoms with Crippen molar-refractivity contribution in [3.05, 3.63) is 23.8 Å². The van der Waals surface area contributed by atoms with Crippen molar-refractivity contribution in [2.75, 3.05) is 36.2 Å². The number of nitrogens with two attached hydrogens (primary N) is 1. The first-order valence-corrected chi connectivity index (χ1v) is 7.38. The lowest BCUT2D eigenvalue weighted by Gasteiger charge is -2.10. The summed E-state index contributed by atoms with van der Waals surface area (Å²) in [6, 6.07) is 5.34. The second-order valence-corrected chi connectivity index (χ2v) is 4.78. The fraction of sp³-hybridized carbons (Fsp3) is 0.462. The van der Waals surface area contributed by atoms with Gasteiger partial charge in [-0.3, -0.25) is 0 Å². The van der Waals surface area contributed by atoms with Gasteiger partial charge >= 0.3 is 5.97 Å². The molecule has 0 fully saturated rings. The highest BCUT2D eigenvalue weighted by molar-refractivity contribution is 7.98. The van der Waals surface area contributed by atoms with Gasteiger partial charge in [0.2, 0.25) is 0 Å². The first-order chi connectivity index (χ1) is 8.69. The van der Waals surface area contributed by atoms with Gasteiger partial charge < -0.3 is 15.8 Å². The molecule has 5 heteroatoms. The van der Waals surface area contributed by atoms with E-state index in [1.807, 2.05) is 17.8 Å². The topological polar surface area (TPSA) is 64.3 Å². The monoisotopic (exact) mass is 268 g/mol. The molecule has 0 radical (unpaired) electrons. The maximum absolute atomic E-state index is 11.7. The van der Waals surface area contributed by atoms with Crippen LogP contribution in [0.2, 0.25) is 0 Å². The van der Waals surface area contributed by atoms with E-state index in [0.717, 1.165) is 24.4 Å². The Balaban J connectivity index is 2.65. The van der Waals surface area contributed by atoms with Crippen LogP contribution in [-0.4, -0.2) is 31.1 Å². The Bertz CT molecular complexity index is 397. The van der Waals surface area contributed by atoms with Crippen LogP contribution in [0.15, 0.2) is 18.2 Å². The number of esters is 1. The zero-order valence-corrected chi connectivity index (χ0v) is 11.7. The van der Waals surface area contributed by atoms with Crippen molar-refractivity contribution in [1.82, 2.24) is 0 Å². The zero-order valence-electron chi connectivity index (χ0n) is 10.9. The third kappa shape index (κ3) is 4.49. The molecule has 18 heavy (non-hydrogen) atoms. The van der Waals surface area contributed by atoms with Crippen LogP contribution in [0.5, 0.6) is 0 Å². The Morgan fingerprint density at radius 2 is 2.28 bits per heavy atom. The second-order valence-electron chi connectivity index (χ2n) is 3.80. The van der Waals surface area contributed by atoms with Crippen molar-refractivity contribution in [2.45, 2.75) is 13.3 Å². The van der Waals surface area contributed by atoms with E-state index in [0.29, 0.717) is 17.9 Å². The Morgan fingerprint density at radius 3 is 2.94 bits per heavy atom. The standard InChI is InChI=1S/C13H20N2O2S/c1-3-17-13(16)11-9-10(5-6-12(11)14)15-7-4-8-18-2/h5-6,9,15H,3-4,7-8,14H2,1-2H3. The predicted molar refractivity (Wildman–Crippen MR) is 78.3 cm³/mol. The molecule has 1 aromatic carbocycles. The Labute approximate surface area is 112 Å². The van der Waals surface area contributed by atoms with E-state index in [4.69, 9.17) is 10.5 Å². The average molecular weight is 268 g/mol. The first-order valence-electron chi connectivity index (χ1n) is 5.98.